The summed E-state index contributed by atoms with van der Waals surface area (Å²) in [5.74, 6) is 1.68. The smallest absolute Gasteiger partial charge is 0.131 e. The number of rotatable bonds is 10. The van der Waals surface area contributed by atoms with Gasteiger partial charge in [-0.1, -0.05) is 20.8 Å². The molecule has 0 unspecified atom stereocenters. The Balaban J connectivity index is 1.96. The molecule has 0 spiro atoms. The predicted octanol–water partition coefficient (Wildman–Crippen LogP) is 9.14. The van der Waals surface area contributed by atoms with Crippen LogP contribution in [0.5, 0.6) is 11.5 Å². The largest absolute Gasteiger partial charge is 0.487 e. The molecule has 0 aliphatic rings. The first-order valence-corrected chi connectivity index (χ1v) is 14.1. The first-order chi connectivity index (χ1) is 17.3. The Morgan fingerprint density at radius 2 is 1.08 bits per heavy atom. The molecule has 5 heteroatoms. The van der Waals surface area contributed by atoms with E-state index in [9.17, 15) is 0 Å². The monoisotopic (exact) mass is 522 g/mol. The van der Waals surface area contributed by atoms with Crippen LogP contribution >= 0.6 is 0 Å². The van der Waals surface area contributed by atoms with Crippen LogP contribution in [0.15, 0.2) is 24.3 Å². The standard InChI is InChI=1S/C33H50N2O3/c1-22-20-26(37-32(9,10)17-13-16-30(3,4)5)24-14-15-25-27(21-23(2)35-29(25)28(24)34-22)38-33(11,12)18-19-36-31(6,7)8/h14-15,20-21H,13,16-19H2,1-12H3. The minimum Gasteiger partial charge on any atom is -0.487 e. The van der Waals surface area contributed by atoms with E-state index in [2.05, 4.69) is 81.4 Å². The number of hydrogen-bond donors (Lipinski definition) is 0. The number of benzene rings is 1. The van der Waals surface area contributed by atoms with Crippen LogP contribution in [0.2, 0.25) is 0 Å². The van der Waals surface area contributed by atoms with Gasteiger partial charge in [-0.15, -0.1) is 0 Å². The SMILES string of the molecule is Cc1cc(OC(C)(C)CCCC(C)(C)C)c2ccc3c(OC(C)(C)CCOC(C)(C)C)cc(C)nc3c2n1. The summed E-state index contributed by atoms with van der Waals surface area (Å²) in [4.78, 5) is 9.85. The zero-order valence-corrected chi connectivity index (χ0v) is 26.0. The van der Waals surface area contributed by atoms with Crippen molar-refractivity contribution in [1.82, 2.24) is 9.97 Å². The molecule has 0 aliphatic carbocycles. The highest BCUT2D eigenvalue weighted by Gasteiger charge is 2.25. The van der Waals surface area contributed by atoms with Crippen molar-refractivity contribution in [2.45, 2.75) is 126 Å². The molecule has 210 valence electrons. The number of fused-ring (bicyclic) bond motifs is 3. The Morgan fingerprint density at radius 1 is 0.632 bits per heavy atom. The van der Waals surface area contributed by atoms with Crippen LogP contribution in [0.4, 0.5) is 0 Å². The Bertz CT molecular complexity index is 1160. The lowest BCUT2D eigenvalue weighted by Gasteiger charge is -2.30. The van der Waals surface area contributed by atoms with Crippen molar-refractivity contribution in [3.8, 4) is 11.5 Å². The van der Waals surface area contributed by atoms with E-state index in [0.29, 0.717) is 12.0 Å². The van der Waals surface area contributed by atoms with Gasteiger partial charge < -0.3 is 14.2 Å². The van der Waals surface area contributed by atoms with Gasteiger partial charge in [-0.3, -0.25) is 9.97 Å². The molecule has 0 amide bonds. The number of aryl methyl sites for hydroxylation is 2. The van der Waals surface area contributed by atoms with Gasteiger partial charge in [-0.05, 0) is 99.1 Å². The molecule has 2 heterocycles. The van der Waals surface area contributed by atoms with Crippen molar-refractivity contribution < 1.29 is 14.2 Å². The molecule has 1 aromatic carbocycles. The fourth-order valence-corrected chi connectivity index (χ4v) is 4.67. The summed E-state index contributed by atoms with van der Waals surface area (Å²) in [5.41, 5.74) is 2.99. The Morgan fingerprint density at radius 3 is 1.50 bits per heavy atom. The van der Waals surface area contributed by atoms with E-state index in [1.807, 2.05) is 26.0 Å². The van der Waals surface area contributed by atoms with Crippen molar-refractivity contribution >= 4 is 21.8 Å². The van der Waals surface area contributed by atoms with Crippen molar-refractivity contribution in [3.05, 3.63) is 35.7 Å². The third-order valence-corrected chi connectivity index (χ3v) is 6.66. The lowest BCUT2D eigenvalue weighted by molar-refractivity contribution is -0.0290. The molecule has 5 nitrogen and oxygen atoms in total. The van der Waals surface area contributed by atoms with Gasteiger partial charge in [0.25, 0.3) is 0 Å². The predicted molar refractivity (Wildman–Crippen MR) is 160 cm³/mol. The molecule has 0 atom stereocenters. The first-order valence-electron chi connectivity index (χ1n) is 14.1. The molecule has 38 heavy (non-hydrogen) atoms. The summed E-state index contributed by atoms with van der Waals surface area (Å²) in [6.07, 6.45) is 4.06. The highest BCUT2D eigenvalue weighted by Crippen LogP contribution is 2.38. The summed E-state index contributed by atoms with van der Waals surface area (Å²) >= 11 is 0. The minimum absolute atomic E-state index is 0.167. The maximum Gasteiger partial charge on any atom is 0.131 e. The molecule has 3 aromatic rings. The zero-order valence-electron chi connectivity index (χ0n) is 26.0. The average Bonchev–Trinajstić information content (AvgIpc) is 2.70. The van der Waals surface area contributed by atoms with E-state index in [1.165, 1.54) is 6.42 Å². The minimum atomic E-state index is -0.397. The summed E-state index contributed by atoms with van der Waals surface area (Å²) in [6, 6.07) is 8.26. The molecule has 0 saturated carbocycles. The second-order valence-corrected chi connectivity index (χ2v) is 14.2. The molecule has 0 bridgehead atoms. The van der Waals surface area contributed by atoms with E-state index >= 15 is 0 Å². The number of nitrogens with zero attached hydrogens (tertiary/aromatic N) is 2. The molecule has 0 aliphatic heterocycles. The second kappa shape index (κ2) is 11.0. The fraction of sp³-hybridized carbons (Fsp3) is 0.636. The number of hydrogen-bond acceptors (Lipinski definition) is 5. The summed E-state index contributed by atoms with van der Waals surface area (Å²) in [6.45, 7) is 26.3. The second-order valence-electron chi connectivity index (χ2n) is 14.2. The fourth-order valence-electron chi connectivity index (χ4n) is 4.67. The lowest BCUT2D eigenvalue weighted by Crippen LogP contribution is -2.32. The maximum absolute atomic E-state index is 6.66. The number of pyridine rings is 2. The van der Waals surface area contributed by atoms with Crippen LogP contribution in [0.3, 0.4) is 0 Å². The van der Waals surface area contributed by atoms with E-state index < -0.39 is 5.60 Å². The summed E-state index contributed by atoms with van der Waals surface area (Å²) in [7, 11) is 0. The van der Waals surface area contributed by atoms with E-state index in [0.717, 1.165) is 64.0 Å². The maximum atomic E-state index is 6.66. The van der Waals surface area contributed by atoms with E-state index in [4.69, 9.17) is 24.2 Å². The van der Waals surface area contributed by atoms with Gasteiger partial charge in [-0.25, -0.2) is 0 Å². The van der Waals surface area contributed by atoms with Crippen LogP contribution in [-0.4, -0.2) is 33.4 Å². The van der Waals surface area contributed by atoms with Gasteiger partial charge in [0.15, 0.2) is 0 Å². The van der Waals surface area contributed by atoms with E-state index in [1.54, 1.807) is 0 Å². The molecule has 0 saturated heterocycles. The molecule has 2 aromatic heterocycles. The van der Waals surface area contributed by atoms with Crippen molar-refractivity contribution in [1.29, 1.82) is 0 Å². The van der Waals surface area contributed by atoms with Gasteiger partial charge in [-0.2, -0.15) is 0 Å². The van der Waals surface area contributed by atoms with Crippen molar-refractivity contribution in [2.24, 2.45) is 5.41 Å². The van der Waals surface area contributed by atoms with Crippen molar-refractivity contribution in [2.75, 3.05) is 6.61 Å². The highest BCUT2D eigenvalue weighted by molar-refractivity contribution is 6.07. The normalized spacial score (nSPS) is 13.4. The van der Waals surface area contributed by atoms with Crippen LogP contribution in [0.1, 0.15) is 106 Å². The third kappa shape index (κ3) is 8.56. The number of aromatic nitrogens is 2. The third-order valence-electron chi connectivity index (χ3n) is 6.66. The van der Waals surface area contributed by atoms with E-state index in [-0.39, 0.29) is 11.2 Å². The molecule has 0 fully saturated rings. The molecular formula is C33H50N2O3. The molecular weight excluding hydrogens is 472 g/mol. The Hall–Kier alpha value is -2.40. The first kappa shape index (κ1) is 30.1. The van der Waals surface area contributed by atoms with Crippen molar-refractivity contribution in [3.63, 3.8) is 0 Å². The molecule has 0 N–H and O–H groups in total. The van der Waals surface area contributed by atoms with Gasteiger partial charge >= 0.3 is 0 Å². The van der Waals surface area contributed by atoms with Crippen LogP contribution in [0, 0.1) is 19.3 Å². The van der Waals surface area contributed by atoms with Gasteiger partial charge in [0.2, 0.25) is 0 Å². The summed E-state index contributed by atoms with van der Waals surface area (Å²) in [5, 5.41) is 1.94. The molecule has 3 rings (SSSR count). The zero-order chi connectivity index (χ0) is 28.5. The van der Waals surface area contributed by atoms with Crippen LogP contribution in [0.25, 0.3) is 21.8 Å². The topological polar surface area (TPSA) is 53.5 Å². The van der Waals surface area contributed by atoms with Gasteiger partial charge in [0.05, 0.1) is 12.2 Å². The summed E-state index contributed by atoms with van der Waals surface area (Å²) < 4.78 is 19.2. The Labute approximate surface area is 230 Å². The highest BCUT2D eigenvalue weighted by atomic mass is 16.5. The quantitative estimate of drug-likeness (QED) is 0.248. The lowest BCUT2D eigenvalue weighted by atomic mass is 9.87. The van der Waals surface area contributed by atoms with Crippen LogP contribution in [-0.2, 0) is 4.74 Å². The van der Waals surface area contributed by atoms with Crippen LogP contribution < -0.4 is 9.47 Å². The van der Waals surface area contributed by atoms with Gasteiger partial charge in [0, 0.05) is 40.7 Å². The molecule has 0 radical (unpaired) electrons. The Kier molecular flexibility index (Phi) is 8.72. The number of ether oxygens (including phenoxy) is 3. The average molecular weight is 523 g/mol. The van der Waals surface area contributed by atoms with Gasteiger partial charge in [0.1, 0.15) is 33.7 Å².